The number of amides is 3. The van der Waals surface area contributed by atoms with Crippen molar-refractivity contribution >= 4 is 23.9 Å². The van der Waals surface area contributed by atoms with E-state index in [1.807, 2.05) is 0 Å². The van der Waals surface area contributed by atoms with Gasteiger partial charge in [-0.1, -0.05) is 0 Å². The molecule has 1 saturated heterocycles. The fourth-order valence-corrected chi connectivity index (χ4v) is 6.78. The van der Waals surface area contributed by atoms with Gasteiger partial charge in [-0.05, 0) is 83.5 Å². The van der Waals surface area contributed by atoms with Crippen molar-refractivity contribution in [3.8, 4) is 0 Å². The van der Waals surface area contributed by atoms with Gasteiger partial charge in [-0.3, -0.25) is 14.4 Å². The lowest BCUT2D eigenvalue weighted by Crippen LogP contribution is -2.53. The van der Waals surface area contributed by atoms with Gasteiger partial charge in [0.15, 0.2) is 0 Å². The van der Waals surface area contributed by atoms with Crippen LogP contribution < -0.4 is 5.32 Å². The largest absolute Gasteiger partial charge is 0.459 e. The Morgan fingerprint density at radius 1 is 0.857 bits per heavy atom. The molecular weight excluding hydrogens is 450 g/mol. The van der Waals surface area contributed by atoms with Gasteiger partial charge in [-0.2, -0.15) is 0 Å². The molecule has 4 saturated carbocycles. The van der Waals surface area contributed by atoms with Crippen LogP contribution in [0.4, 0.5) is 4.79 Å². The van der Waals surface area contributed by atoms with Crippen molar-refractivity contribution < 1.29 is 28.7 Å². The van der Waals surface area contributed by atoms with Crippen LogP contribution in [0.25, 0.3) is 0 Å². The molecule has 1 N–H and O–H groups in total. The maximum Gasteiger partial charge on any atom is 0.407 e. The fraction of sp³-hybridized carbons (Fsp3) is 0.846. The van der Waals surface area contributed by atoms with Crippen LogP contribution in [0.15, 0.2) is 0 Å². The number of hydrogen-bond acceptors (Lipinski definition) is 6. The van der Waals surface area contributed by atoms with Crippen molar-refractivity contribution in [1.82, 2.24) is 15.1 Å². The summed E-state index contributed by atoms with van der Waals surface area (Å²) in [5, 5.41) is 2.66. The van der Waals surface area contributed by atoms with Gasteiger partial charge in [0.2, 0.25) is 11.8 Å². The molecule has 1 heterocycles. The zero-order chi connectivity index (χ0) is 25.2. The highest BCUT2D eigenvalue weighted by Crippen LogP contribution is 2.57. The molecule has 5 rings (SSSR count). The number of esters is 1. The molecule has 0 aromatic heterocycles. The van der Waals surface area contributed by atoms with Gasteiger partial charge in [0, 0.05) is 39.1 Å². The van der Waals surface area contributed by atoms with Crippen molar-refractivity contribution in [1.29, 1.82) is 0 Å². The van der Waals surface area contributed by atoms with Crippen LogP contribution in [0.1, 0.15) is 78.6 Å². The third-order valence-corrected chi connectivity index (χ3v) is 7.83. The number of hydrogen-bond donors (Lipinski definition) is 1. The smallest absolute Gasteiger partial charge is 0.407 e. The summed E-state index contributed by atoms with van der Waals surface area (Å²) in [5.74, 6) is 1.45. The van der Waals surface area contributed by atoms with Crippen LogP contribution in [-0.4, -0.2) is 77.6 Å². The predicted molar refractivity (Wildman–Crippen MR) is 128 cm³/mol. The standard InChI is InChI=1S/C26H41N3O6/c1-25(2,3)35-24(33)27-6-4-5-21(30)28-7-9-29(10-8-28)22(31)14-23(32)34-26-15-18-11-19(16-26)13-20(12-18)17-26/h18-20H,4-17H2,1-3H3,(H,27,33). The first-order chi connectivity index (χ1) is 16.5. The predicted octanol–water partition coefficient (Wildman–Crippen LogP) is 2.86. The first-order valence-corrected chi connectivity index (χ1v) is 13.2. The molecule has 1 aliphatic heterocycles. The number of rotatable bonds is 7. The number of nitrogens with one attached hydrogen (secondary N) is 1. The van der Waals surface area contributed by atoms with Gasteiger partial charge < -0.3 is 24.6 Å². The molecule has 35 heavy (non-hydrogen) atoms. The number of ether oxygens (including phenoxy) is 2. The number of alkyl carbamates (subject to hydrolysis) is 1. The minimum absolute atomic E-state index is 0.00399. The van der Waals surface area contributed by atoms with E-state index in [9.17, 15) is 19.2 Å². The minimum atomic E-state index is -0.553. The molecule has 9 heteroatoms. The average molecular weight is 492 g/mol. The SMILES string of the molecule is CC(C)(C)OC(=O)NCCCC(=O)N1CCN(C(=O)CC(=O)OC23CC4CC(CC(C4)C2)C3)CC1. The van der Waals surface area contributed by atoms with E-state index in [1.54, 1.807) is 30.6 Å². The van der Waals surface area contributed by atoms with E-state index in [-0.39, 0.29) is 23.8 Å². The van der Waals surface area contributed by atoms with Gasteiger partial charge in [0.05, 0.1) is 0 Å². The van der Waals surface area contributed by atoms with E-state index in [0.717, 1.165) is 19.3 Å². The zero-order valence-corrected chi connectivity index (χ0v) is 21.5. The third-order valence-electron chi connectivity index (χ3n) is 7.83. The van der Waals surface area contributed by atoms with E-state index in [0.29, 0.717) is 63.3 Å². The van der Waals surface area contributed by atoms with Crippen LogP contribution in [0.5, 0.6) is 0 Å². The highest BCUT2D eigenvalue weighted by Gasteiger charge is 2.53. The molecule has 5 fully saturated rings. The molecule has 5 aliphatic rings. The first kappa shape index (κ1) is 25.8. The second kappa shape index (κ2) is 10.3. The number of nitrogens with zero attached hydrogens (tertiary/aromatic N) is 2. The molecule has 3 amide bonds. The van der Waals surface area contributed by atoms with Crippen LogP contribution in [0.2, 0.25) is 0 Å². The van der Waals surface area contributed by atoms with Crippen molar-refractivity contribution in [2.75, 3.05) is 32.7 Å². The Balaban J connectivity index is 1.12. The lowest BCUT2D eigenvalue weighted by atomic mass is 9.54. The van der Waals surface area contributed by atoms with Gasteiger partial charge >= 0.3 is 12.1 Å². The van der Waals surface area contributed by atoms with E-state index >= 15 is 0 Å². The van der Waals surface area contributed by atoms with Crippen molar-refractivity contribution in [2.24, 2.45) is 17.8 Å². The van der Waals surface area contributed by atoms with Crippen molar-refractivity contribution in [3.05, 3.63) is 0 Å². The monoisotopic (exact) mass is 491 g/mol. The third kappa shape index (κ3) is 6.88. The molecule has 0 atom stereocenters. The summed E-state index contributed by atoms with van der Waals surface area (Å²) in [6.45, 7) is 7.51. The molecular formula is C26H41N3O6. The second-order valence-electron chi connectivity index (χ2n) is 12.0. The average Bonchev–Trinajstić information content (AvgIpc) is 2.74. The lowest BCUT2D eigenvalue weighted by Gasteiger charge is -2.55. The normalized spacial score (nSPS) is 29.6. The topological polar surface area (TPSA) is 105 Å². The molecule has 196 valence electrons. The highest BCUT2D eigenvalue weighted by molar-refractivity contribution is 5.94. The molecule has 0 aromatic rings. The number of piperazine rings is 1. The van der Waals surface area contributed by atoms with E-state index in [2.05, 4.69) is 5.32 Å². The summed E-state index contributed by atoms with van der Waals surface area (Å²) in [5.41, 5.74) is -0.877. The van der Waals surface area contributed by atoms with Gasteiger partial charge in [-0.25, -0.2) is 4.79 Å². The Bertz CT molecular complexity index is 792. The molecule has 9 nitrogen and oxygen atoms in total. The zero-order valence-electron chi connectivity index (χ0n) is 21.5. The van der Waals surface area contributed by atoms with Crippen LogP contribution in [0.3, 0.4) is 0 Å². The summed E-state index contributed by atoms with van der Waals surface area (Å²) >= 11 is 0. The maximum atomic E-state index is 12.7. The molecule has 0 aromatic carbocycles. The first-order valence-electron chi connectivity index (χ1n) is 13.2. The molecule has 4 aliphatic carbocycles. The quantitative estimate of drug-likeness (QED) is 0.334. The lowest BCUT2D eigenvalue weighted by molar-refractivity contribution is -0.187. The summed E-state index contributed by atoms with van der Waals surface area (Å²) in [6, 6.07) is 0. The van der Waals surface area contributed by atoms with Crippen LogP contribution in [0, 0.1) is 17.8 Å². The van der Waals surface area contributed by atoms with E-state index in [4.69, 9.17) is 9.47 Å². The summed E-state index contributed by atoms with van der Waals surface area (Å²) in [4.78, 5) is 52.9. The summed E-state index contributed by atoms with van der Waals surface area (Å²) in [6.07, 6.45) is 6.86. The van der Waals surface area contributed by atoms with Crippen molar-refractivity contribution in [2.45, 2.75) is 89.8 Å². The Morgan fingerprint density at radius 3 is 1.89 bits per heavy atom. The molecule has 0 spiro atoms. The number of carbonyl (C=O) groups excluding carboxylic acids is 4. The minimum Gasteiger partial charge on any atom is -0.459 e. The van der Waals surface area contributed by atoms with E-state index in [1.165, 1.54) is 19.3 Å². The molecule has 0 radical (unpaired) electrons. The van der Waals surface area contributed by atoms with Gasteiger partial charge in [0.1, 0.15) is 17.6 Å². The highest BCUT2D eigenvalue weighted by atomic mass is 16.6. The fourth-order valence-electron chi connectivity index (χ4n) is 6.78. The molecule has 4 bridgehead atoms. The second-order valence-corrected chi connectivity index (χ2v) is 12.0. The van der Waals surface area contributed by atoms with Gasteiger partial charge in [0.25, 0.3) is 0 Å². The van der Waals surface area contributed by atoms with Crippen LogP contribution >= 0.6 is 0 Å². The Hall–Kier alpha value is -2.32. The van der Waals surface area contributed by atoms with Gasteiger partial charge in [-0.15, -0.1) is 0 Å². The Labute approximate surface area is 208 Å². The summed E-state index contributed by atoms with van der Waals surface area (Å²) < 4.78 is 11.2. The van der Waals surface area contributed by atoms with E-state index < -0.39 is 17.7 Å². The Kier molecular flexibility index (Phi) is 7.62. The van der Waals surface area contributed by atoms with Crippen molar-refractivity contribution in [3.63, 3.8) is 0 Å². The molecule has 0 unspecified atom stereocenters. The Morgan fingerprint density at radius 2 is 1.37 bits per heavy atom. The maximum absolute atomic E-state index is 12.7. The number of carbonyl (C=O) groups is 4. The van der Waals surface area contributed by atoms with Crippen LogP contribution in [-0.2, 0) is 23.9 Å². The summed E-state index contributed by atoms with van der Waals surface area (Å²) in [7, 11) is 0.